The zero-order valence-corrected chi connectivity index (χ0v) is 21.9. The number of nitrogens with one attached hydrogen (secondary N) is 1. The Kier molecular flexibility index (Phi) is 8.14. The number of nitrogens with zero attached hydrogens (tertiary/aromatic N) is 4. The Morgan fingerprint density at radius 3 is 2.38 bits per heavy atom. The minimum atomic E-state index is -1.05. The molecule has 0 radical (unpaired) electrons. The van der Waals surface area contributed by atoms with E-state index in [9.17, 15) is 14.7 Å². The number of hydrazine groups is 1. The molecule has 0 aromatic heterocycles. The summed E-state index contributed by atoms with van der Waals surface area (Å²) in [6, 6.07) is 16.5. The molecule has 2 heterocycles. The maximum Gasteiger partial charge on any atom is 0.328 e. The van der Waals surface area contributed by atoms with Gasteiger partial charge in [-0.25, -0.2) is 15.2 Å². The molecule has 2 aliphatic heterocycles. The topological polar surface area (TPSA) is 114 Å². The summed E-state index contributed by atoms with van der Waals surface area (Å²) in [5.74, 6) is 0.415. The molecular formula is C28H38N6O3. The summed E-state index contributed by atoms with van der Waals surface area (Å²) in [7, 11) is 0. The number of hydrogen-bond donors (Lipinski definition) is 3. The highest BCUT2D eigenvalue weighted by Gasteiger charge is 2.62. The van der Waals surface area contributed by atoms with Crippen LogP contribution in [0, 0.1) is 0 Å². The van der Waals surface area contributed by atoms with Gasteiger partial charge in [-0.3, -0.25) is 19.6 Å². The fourth-order valence-electron chi connectivity index (χ4n) is 5.19. The summed E-state index contributed by atoms with van der Waals surface area (Å²) in [4.78, 5) is 36.0. The number of carbonyl (C=O) groups is 2. The Morgan fingerprint density at radius 1 is 1.05 bits per heavy atom. The summed E-state index contributed by atoms with van der Waals surface area (Å²) in [5.41, 5.74) is 10.9. The fraction of sp³-hybridized carbons (Fsp3) is 0.464. The molecule has 3 unspecified atom stereocenters. The van der Waals surface area contributed by atoms with Crippen LogP contribution in [0.4, 0.5) is 10.5 Å². The second-order valence-corrected chi connectivity index (χ2v) is 9.82. The van der Waals surface area contributed by atoms with Crippen LogP contribution in [0.15, 0.2) is 59.6 Å². The van der Waals surface area contributed by atoms with Gasteiger partial charge in [0.2, 0.25) is 0 Å². The van der Waals surface area contributed by atoms with Gasteiger partial charge < -0.3 is 10.8 Å². The third kappa shape index (κ3) is 5.33. The van der Waals surface area contributed by atoms with Crippen molar-refractivity contribution in [1.82, 2.24) is 20.2 Å². The monoisotopic (exact) mass is 506 g/mol. The number of aliphatic imine (C=N–C) groups is 1. The van der Waals surface area contributed by atoms with Crippen molar-refractivity contribution in [2.45, 2.75) is 64.3 Å². The average Bonchev–Trinajstić information content (AvgIpc) is 3.21. The molecule has 9 heteroatoms. The number of amides is 3. The van der Waals surface area contributed by atoms with E-state index in [4.69, 9.17) is 10.7 Å². The number of imide groups is 1. The van der Waals surface area contributed by atoms with Crippen LogP contribution in [0.3, 0.4) is 0 Å². The van der Waals surface area contributed by atoms with E-state index >= 15 is 0 Å². The van der Waals surface area contributed by atoms with Gasteiger partial charge in [0.1, 0.15) is 5.84 Å². The summed E-state index contributed by atoms with van der Waals surface area (Å²) in [5, 5.41) is 11.8. The van der Waals surface area contributed by atoms with Crippen molar-refractivity contribution in [2.75, 3.05) is 25.4 Å². The summed E-state index contributed by atoms with van der Waals surface area (Å²) >= 11 is 0. The number of amidine groups is 1. The number of benzene rings is 2. The van der Waals surface area contributed by atoms with Gasteiger partial charge in [0.05, 0.1) is 6.10 Å². The summed E-state index contributed by atoms with van der Waals surface area (Å²) in [6.45, 7) is 6.62. The van der Waals surface area contributed by atoms with E-state index in [1.165, 1.54) is 4.90 Å². The standard InChI is InChI=1S/C28H38N6O3/c1-4-16-32-26(36)25-28(5-2,33(27(32)37)17-15-21-11-13-23(29)14-12-21)31-24(34(25)30-19-20(3)35)18-22-9-7-6-8-10-22/h6-14,20,25,30,35H,4-5,15-19,29H2,1-3H3. The molecule has 1 saturated heterocycles. The molecule has 4 N–H and O–H groups in total. The first kappa shape index (κ1) is 26.6. The van der Waals surface area contributed by atoms with Crippen LogP contribution in [0.25, 0.3) is 0 Å². The Morgan fingerprint density at radius 2 is 1.76 bits per heavy atom. The zero-order valence-electron chi connectivity index (χ0n) is 21.9. The number of anilines is 1. The van der Waals surface area contributed by atoms with Crippen molar-refractivity contribution in [3.63, 3.8) is 0 Å². The highest BCUT2D eigenvalue weighted by Crippen LogP contribution is 2.40. The van der Waals surface area contributed by atoms with E-state index in [2.05, 4.69) is 5.43 Å². The van der Waals surface area contributed by atoms with Crippen molar-refractivity contribution >= 4 is 23.5 Å². The number of urea groups is 1. The van der Waals surface area contributed by atoms with E-state index < -0.39 is 17.8 Å². The minimum absolute atomic E-state index is 0.255. The van der Waals surface area contributed by atoms with Crippen LogP contribution in [-0.4, -0.2) is 75.1 Å². The first-order chi connectivity index (χ1) is 17.8. The lowest BCUT2D eigenvalue weighted by Crippen LogP contribution is -2.73. The maximum absolute atomic E-state index is 13.9. The maximum atomic E-state index is 13.9. The normalized spacial score (nSPS) is 22.3. The van der Waals surface area contributed by atoms with Gasteiger partial charge in [0.25, 0.3) is 5.91 Å². The number of rotatable bonds is 11. The quantitative estimate of drug-likeness (QED) is 0.404. The molecule has 37 heavy (non-hydrogen) atoms. The van der Waals surface area contributed by atoms with Gasteiger partial charge in [-0.05, 0) is 49.4 Å². The lowest BCUT2D eigenvalue weighted by Gasteiger charge is -2.50. The van der Waals surface area contributed by atoms with E-state index in [1.807, 2.05) is 68.4 Å². The van der Waals surface area contributed by atoms with Crippen LogP contribution in [0.1, 0.15) is 44.7 Å². The first-order valence-electron chi connectivity index (χ1n) is 13.1. The predicted octanol–water partition coefficient (Wildman–Crippen LogP) is 2.80. The van der Waals surface area contributed by atoms with Crippen LogP contribution in [-0.2, 0) is 17.6 Å². The van der Waals surface area contributed by atoms with Crippen LogP contribution in [0.5, 0.6) is 0 Å². The van der Waals surface area contributed by atoms with Crippen molar-refractivity contribution in [2.24, 2.45) is 4.99 Å². The number of nitrogens with two attached hydrogens (primary N) is 1. The molecular weight excluding hydrogens is 468 g/mol. The van der Waals surface area contributed by atoms with Gasteiger partial charge in [-0.1, -0.05) is 56.3 Å². The molecule has 3 amide bonds. The van der Waals surface area contributed by atoms with E-state index in [1.54, 1.807) is 16.8 Å². The lowest BCUT2D eigenvalue weighted by atomic mass is 9.91. The zero-order chi connectivity index (χ0) is 26.6. The molecule has 2 aliphatic rings. The van der Waals surface area contributed by atoms with Crippen molar-refractivity contribution in [3.8, 4) is 0 Å². The number of aliphatic hydroxyl groups is 1. The molecule has 2 aromatic rings. The first-order valence-corrected chi connectivity index (χ1v) is 13.1. The Balaban J connectivity index is 1.75. The second kappa shape index (κ2) is 11.3. The van der Waals surface area contributed by atoms with Gasteiger partial charge in [-0.15, -0.1) is 0 Å². The number of aliphatic hydroxyl groups excluding tert-OH is 1. The molecule has 3 atom stereocenters. The number of carbonyl (C=O) groups excluding carboxylic acids is 2. The van der Waals surface area contributed by atoms with E-state index in [0.717, 1.165) is 11.1 Å². The Bertz CT molecular complexity index is 1120. The molecule has 0 saturated carbocycles. The number of hydrogen-bond acceptors (Lipinski definition) is 7. The van der Waals surface area contributed by atoms with Crippen molar-refractivity contribution < 1.29 is 14.7 Å². The molecule has 0 spiro atoms. The second-order valence-electron chi connectivity index (χ2n) is 9.82. The molecule has 0 aliphatic carbocycles. The Hall–Kier alpha value is -3.43. The van der Waals surface area contributed by atoms with Crippen LogP contribution < -0.4 is 11.2 Å². The van der Waals surface area contributed by atoms with Crippen molar-refractivity contribution in [3.05, 3.63) is 65.7 Å². The smallest absolute Gasteiger partial charge is 0.328 e. The summed E-state index contributed by atoms with van der Waals surface area (Å²) < 4.78 is 0. The minimum Gasteiger partial charge on any atom is -0.399 e. The number of fused-ring (bicyclic) bond motifs is 1. The molecule has 2 aromatic carbocycles. The molecule has 4 rings (SSSR count). The summed E-state index contributed by atoms with van der Waals surface area (Å²) in [6.07, 6.45) is 1.62. The van der Waals surface area contributed by atoms with Gasteiger partial charge in [-0.2, -0.15) is 0 Å². The SMILES string of the molecule is CCCN1C(=O)C2N(NCC(C)O)C(Cc3ccccc3)=NC2(CC)N(CCc2ccc(N)cc2)C1=O. The molecule has 1 fully saturated rings. The van der Waals surface area contributed by atoms with E-state index in [0.29, 0.717) is 50.3 Å². The third-order valence-electron chi connectivity index (χ3n) is 7.06. The fourth-order valence-corrected chi connectivity index (χ4v) is 5.19. The molecule has 0 bridgehead atoms. The van der Waals surface area contributed by atoms with Crippen LogP contribution in [0.2, 0.25) is 0 Å². The molecule has 198 valence electrons. The van der Waals surface area contributed by atoms with Crippen LogP contribution >= 0.6 is 0 Å². The Labute approximate surface area is 218 Å². The predicted molar refractivity (Wildman–Crippen MR) is 145 cm³/mol. The number of nitrogen functional groups attached to an aromatic ring is 1. The third-order valence-corrected chi connectivity index (χ3v) is 7.06. The largest absolute Gasteiger partial charge is 0.399 e. The highest BCUT2D eigenvalue weighted by molar-refractivity contribution is 6.05. The van der Waals surface area contributed by atoms with Crippen molar-refractivity contribution in [1.29, 1.82) is 0 Å². The average molecular weight is 507 g/mol. The van der Waals surface area contributed by atoms with Gasteiger partial charge in [0.15, 0.2) is 11.7 Å². The lowest BCUT2D eigenvalue weighted by molar-refractivity contribution is -0.144. The van der Waals surface area contributed by atoms with Gasteiger partial charge in [0, 0.05) is 31.7 Å². The van der Waals surface area contributed by atoms with E-state index in [-0.39, 0.29) is 18.5 Å². The van der Waals surface area contributed by atoms with Gasteiger partial charge >= 0.3 is 6.03 Å². The highest BCUT2D eigenvalue weighted by atomic mass is 16.3. The molecule has 9 nitrogen and oxygen atoms in total.